The van der Waals surface area contributed by atoms with E-state index in [0.717, 1.165) is 0 Å². The minimum Gasteiger partial charge on any atom is -0.0616 e. The Hall–Kier alpha value is -5.98. The summed E-state index contributed by atoms with van der Waals surface area (Å²) in [7, 11) is 0. The molecule has 49 heavy (non-hydrogen) atoms. The van der Waals surface area contributed by atoms with Gasteiger partial charge in [-0.15, -0.1) is 0 Å². The molecular weight excluding hydrogens is 589 g/mol. The predicted molar refractivity (Wildman–Crippen MR) is 214 cm³/mol. The van der Waals surface area contributed by atoms with Crippen molar-refractivity contribution in [1.29, 1.82) is 0 Å². The van der Waals surface area contributed by atoms with Gasteiger partial charge in [-0.05, 0) is 115 Å². The van der Waals surface area contributed by atoms with Crippen molar-refractivity contribution in [2.75, 3.05) is 0 Å². The number of fused-ring (bicyclic) bond motifs is 11. The molecule has 0 aliphatic carbocycles. The summed E-state index contributed by atoms with van der Waals surface area (Å²) in [4.78, 5) is 0. The Balaban J connectivity index is 1.42. The van der Waals surface area contributed by atoms with E-state index >= 15 is 0 Å². The highest BCUT2D eigenvalue weighted by atomic mass is 14.3. The second-order valence-electron chi connectivity index (χ2n) is 13.8. The monoisotopic (exact) mass is 622 g/mol. The van der Waals surface area contributed by atoms with Crippen molar-refractivity contribution in [3.63, 3.8) is 0 Å². The summed E-state index contributed by atoms with van der Waals surface area (Å²) in [5, 5.41) is 18.1. The van der Waals surface area contributed by atoms with Gasteiger partial charge in [0, 0.05) is 0 Å². The smallest absolute Gasteiger partial charge is 0.00173 e. The van der Waals surface area contributed by atoms with E-state index in [9.17, 15) is 0 Å². The average Bonchev–Trinajstić information content (AvgIpc) is 3.16. The predicted octanol–water partition coefficient (Wildman–Crippen LogP) is 14.2. The molecule has 0 aromatic heterocycles. The summed E-state index contributed by atoms with van der Waals surface area (Å²) in [5.41, 5.74) is 6.60. The molecule has 0 radical (unpaired) electrons. The maximum absolute atomic E-state index is 2.51. The van der Waals surface area contributed by atoms with Crippen molar-refractivity contribution in [2.24, 2.45) is 0 Å². The minimum atomic E-state index is 0.306. The second kappa shape index (κ2) is 10.8. The van der Waals surface area contributed by atoms with Crippen molar-refractivity contribution in [1.82, 2.24) is 0 Å². The maximum Gasteiger partial charge on any atom is -0.00173 e. The van der Waals surface area contributed by atoms with E-state index in [2.05, 4.69) is 178 Å². The van der Waals surface area contributed by atoms with E-state index in [-0.39, 0.29) is 0 Å². The van der Waals surface area contributed by atoms with Gasteiger partial charge in [0.05, 0.1) is 0 Å². The van der Waals surface area contributed by atoms with Crippen LogP contribution in [-0.2, 0) is 0 Å². The number of rotatable bonds is 3. The topological polar surface area (TPSA) is 0 Å². The molecule has 10 aromatic rings. The lowest BCUT2D eigenvalue weighted by Crippen LogP contribution is -1.99. The van der Waals surface area contributed by atoms with Gasteiger partial charge in [0.15, 0.2) is 0 Å². The minimum absolute atomic E-state index is 0.306. The van der Waals surface area contributed by atoms with Crippen LogP contribution in [0.2, 0.25) is 0 Å². The highest BCUT2D eigenvalue weighted by Gasteiger charge is 2.23. The highest BCUT2D eigenvalue weighted by Crippen LogP contribution is 2.49. The van der Waals surface area contributed by atoms with Gasteiger partial charge in [0.25, 0.3) is 0 Å². The van der Waals surface area contributed by atoms with Crippen LogP contribution in [0.4, 0.5) is 0 Å². The molecule has 0 atom stereocenters. The third-order valence-electron chi connectivity index (χ3n) is 10.8. The summed E-state index contributed by atoms with van der Waals surface area (Å²) < 4.78 is 0. The summed E-state index contributed by atoms with van der Waals surface area (Å²) in [6.07, 6.45) is 0. The van der Waals surface area contributed by atoms with Crippen LogP contribution < -0.4 is 0 Å². The summed E-state index contributed by atoms with van der Waals surface area (Å²) in [5.74, 6) is 0.306. The summed E-state index contributed by atoms with van der Waals surface area (Å²) in [6, 6.07) is 61.3. The third-order valence-corrected chi connectivity index (χ3v) is 10.8. The Morgan fingerprint density at radius 2 is 0.673 bits per heavy atom. The molecule has 0 bridgehead atoms. The molecule has 230 valence electrons. The van der Waals surface area contributed by atoms with E-state index in [1.807, 2.05) is 0 Å². The first-order valence-electron chi connectivity index (χ1n) is 17.4. The molecule has 10 rings (SSSR count). The fourth-order valence-corrected chi connectivity index (χ4v) is 8.53. The average molecular weight is 623 g/mol. The van der Waals surface area contributed by atoms with E-state index < -0.39 is 0 Å². The second-order valence-corrected chi connectivity index (χ2v) is 13.8. The lowest BCUT2D eigenvalue weighted by molar-refractivity contribution is 0.871. The Morgan fingerprint density at radius 3 is 1.20 bits per heavy atom. The summed E-state index contributed by atoms with van der Waals surface area (Å²) in [6.45, 7) is 4.71. The molecule has 0 amide bonds. The number of hydrogen-bond donors (Lipinski definition) is 0. The van der Waals surface area contributed by atoms with Crippen molar-refractivity contribution >= 4 is 75.4 Å². The van der Waals surface area contributed by atoms with Gasteiger partial charge in [0.2, 0.25) is 0 Å². The van der Waals surface area contributed by atoms with Gasteiger partial charge in [-0.1, -0.05) is 172 Å². The van der Waals surface area contributed by atoms with Gasteiger partial charge in [-0.25, -0.2) is 0 Å². The highest BCUT2D eigenvalue weighted by molar-refractivity contribution is 6.25. The van der Waals surface area contributed by atoms with Crippen LogP contribution in [0.1, 0.15) is 25.3 Å². The van der Waals surface area contributed by atoms with Crippen molar-refractivity contribution in [3.05, 3.63) is 169 Å². The van der Waals surface area contributed by atoms with Crippen LogP contribution in [0.3, 0.4) is 0 Å². The Morgan fingerprint density at radius 1 is 0.286 bits per heavy atom. The molecule has 0 unspecified atom stereocenters. The molecule has 10 aromatic carbocycles. The quantitative estimate of drug-likeness (QED) is 0.172. The third kappa shape index (κ3) is 4.17. The van der Waals surface area contributed by atoms with Crippen molar-refractivity contribution in [2.45, 2.75) is 19.8 Å². The SMILES string of the molecule is CC(C)c1cc2c(ccc3c4ccccc4ccc23)c(-c2cccc3c2ccc2ccccc23)c1-c1cccc2c1ccc1ccccc12. The van der Waals surface area contributed by atoms with Crippen LogP contribution in [0, 0.1) is 0 Å². The Labute approximate surface area is 285 Å². The van der Waals surface area contributed by atoms with Gasteiger partial charge in [0.1, 0.15) is 0 Å². The van der Waals surface area contributed by atoms with Gasteiger partial charge < -0.3 is 0 Å². The van der Waals surface area contributed by atoms with E-state index in [0.29, 0.717) is 5.92 Å². The van der Waals surface area contributed by atoms with Gasteiger partial charge in [-0.3, -0.25) is 0 Å². The van der Waals surface area contributed by atoms with Gasteiger partial charge >= 0.3 is 0 Å². The van der Waals surface area contributed by atoms with Crippen molar-refractivity contribution < 1.29 is 0 Å². The molecule has 0 heteroatoms. The maximum atomic E-state index is 2.51. The van der Waals surface area contributed by atoms with Crippen LogP contribution >= 0.6 is 0 Å². The van der Waals surface area contributed by atoms with Crippen LogP contribution in [0.5, 0.6) is 0 Å². The molecule has 0 spiro atoms. The number of benzene rings is 10. The molecule has 0 aliphatic rings. The first-order chi connectivity index (χ1) is 24.2. The standard InChI is InChI=1S/C49H34/c1-30(2)46-29-47-42-26-23-33-13-5-8-16-36(33)39(42)27-28-45(47)48(43-19-9-17-37-34-14-6-3-11-31(34)21-24-40(37)43)49(46)44-20-10-18-38-35-15-7-4-12-32(35)22-25-41(38)44/h3-30H,1-2H3. The lowest BCUT2D eigenvalue weighted by atomic mass is 9.79. The molecule has 0 saturated carbocycles. The summed E-state index contributed by atoms with van der Waals surface area (Å²) >= 11 is 0. The Bertz CT molecular complexity index is 2960. The largest absolute Gasteiger partial charge is 0.0616 e. The van der Waals surface area contributed by atoms with Crippen LogP contribution in [-0.4, -0.2) is 0 Å². The van der Waals surface area contributed by atoms with E-state index in [4.69, 9.17) is 0 Å². The molecule has 0 N–H and O–H groups in total. The van der Waals surface area contributed by atoms with Gasteiger partial charge in [-0.2, -0.15) is 0 Å². The molecule has 0 nitrogen and oxygen atoms in total. The first kappa shape index (κ1) is 28.1. The van der Waals surface area contributed by atoms with E-state index in [1.165, 1.54) is 103 Å². The molecule has 0 saturated heterocycles. The fourth-order valence-electron chi connectivity index (χ4n) is 8.53. The Kier molecular flexibility index (Phi) is 6.17. The zero-order chi connectivity index (χ0) is 32.6. The fraction of sp³-hybridized carbons (Fsp3) is 0.0612. The van der Waals surface area contributed by atoms with Crippen molar-refractivity contribution in [3.8, 4) is 22.3 Å². The molecule has 0 heterocycles. The first-order valence-corrected chi connectivity index (χ1v) is 17.4. The molecular formula is C49H34. The zero-order valence-corrected chi connectivity index (χ0v) is 27.7. The van der Waals surface area contributed by atoms with E-state index in [1.54, 1.807) is 0 Å². The molecule has 0 fully saturated rings. The number of hydrogen-bond acceptors (Lipinski definition) is 0. The normalized spacial score (nSPS) is 12.1. The lowest BCUT2D eigenvalue weighted by Gasteiger charge is -2.24. The van der Waals surface area contributed by atoms with Crippen LogP contribution in [0.15, 0.2) is 164 Å². The van der Waals surface area contributed by atoms with Crippen LogP contribution in [0.25, 0.3) is 97.7 Å². The zero-order valence-electron chi connectivity index (χ0n) is 27.7. The molecule has 0 aliphatic heterocycles.